The number of ether oxygens (including phenoxy) is 1. The molecule has 0 spiro atoms. The van der Waals surface area contributed by atoms with Gasteiger partial charge in [0.1, 0.15) is 11.5 Å². The van der Waals surface area contributed by atoms with E-state index >= 15 is 0 Å². The van der Waals surface area contributed by atoms with E-state index in [2.05, 4.69) is 38.5 Å². The SMILES string of the molecule is O=C(O)/C=C/c1cc(Br)ccc1Oc1ccc(I)cc1. The molecule has 0 aliphatic carbocycles. The molecule has 0 aliphatic rings. The third kappa shape index (κ3) is 4.35. The van der Waals surface area contributed by atoms with E-state index < -0.39 is 5.97 Å². The number of carbonyl (C=O) groups is 1. The molecule has 0 amide bonds. The Labute approximate surface area is 138 Å². The highest BCUT2D eigenvalue weighted by Crippen LogP contribution is 2.29. The monoisotopic (exact) mass is 444 g/mol. The maximum absolute atomic E-state index is 10.6. The Morgan fingerprint density at radius 3 is 2.55 bits per heavy atom. The lowest BCUT2D eigenvalue weighted by Crippen LogP contribution is -1.90. The highest BCUT2D eigenvalue weighted by atomic mass is 127. The summed E-state index contributed by atoms with van der Waals surface area (Å²) in [6, 6.07) is 13.1. The predicted octanol–water partition coefficient (Wildman–Crippen LogP) is 4.94. The molecule has 0 unspecified atom stereocenters. The van der Waals surface area contributed by atoms with E-state index in [9.17, 15) is 4.79 Å². The number of rotatable bonds is 4. The van der Waals surface area contributed by atoms with Gasteiger partial charge in [-0.05, 0) is 71.1 Å². The molecule has 0 saturated carbocycles. The van der Waals surface area contributed by atoms with Crippen molar-refractivity contribution in [1.82, 2.24) is 0 Å². The van der Waals surface area contributed by atoms with Crippen LogP contribution in [-0.2, 0) is 4.79 Å². The van der Waals surface area contributed by atoms with Gasteiger partial charge >= 0.3 is 5.97 Å². The van der Waals surface area contributed by atoms with Gasteiger partial charge < -0.3 is 9.84 Å². The zero-order valence-corrected chi connectivity index (χ0v) is 14.0. The van der Waals surface area contributed by atoms with Gasteiger partial charge in [0.05, 0.1) is 0 Å². The smallest absolute Gasteiger partial charge is 0.328 e. The second-order valence-corrected chi connectivity index (χ2v) is 6.07. The molecule has 2 aromatic carbocycles. The minimum absolute atomic E-state index is 0.604. The second kappa shape index (κ2) is 6.90. The first-order valence-electron chi connectivity index (χ1n) is 5.68. The van der Waals surface area contributed by atoms with E-state index in [4.69, 9.17) is 9.84 Å². The molecule has 3 nitrogen and oxygen atoms in total. The van der Waals surface area contributed by atoms with Gasteiger partial charge in [-0.3, -0.25) is 0 Å². The van der Waals surface area contributed by atoms with Crippen molar-refractivity contribution in [3.63, 3.8) is 0 Å². The topological polar surface area (TPSA) is 46.5 Å². The van der Waals surface area contributed by atoms with Crippen molar-refractivity contribution in [1.29, 1.82) is 0 Å². The third-order valence-corrected chi connectivity index (χ3v) is 3.63. The average molecular weight is 445 g/mol. The highest BCUT2D eigenvalue weighted by Gasteiger charge is 2.04. The Kier molecular flexibility index (Phi) is 5.19. The summed E-state index contributed by atoms with van der Waals surface area (Å²) in [7, 11) is 0. The Morgan fingerprint density at radius 1 is 1.20 bits per heavy atom. The first-order valence-corrected chi connectivity index (χ1v) is 7.56. The fraction of sp³-hybridized carbons (Fsp3) is 0. The molecule has 0 aliphatic heterocycles. The van der Waals surface area contributed by atoms with Crippen LogP contribution in [0, 0.1) is 3.57 Å². The van der Waals surface area contributed by atoms with Gasteiger partial charge in [0.15, 0.2) is 0 Å². The first-order chi connectivity index (χ1) is 9.54. The van der Waals surface area contributed by atoms with Crippen molar-refractivity contribution < 1.29 is 14.6 Å². The highest BCUT2D eigenvalue weighted by molar-refractivity contribution is 14.1. The minimum atomic E-state index is -0.995. The molecule has 0 radical (unpaired) electrons. The average Bonchev–Trinajstić information content (AvgIpc) is 2.41. The van der Waals surface area contributed by atoms with Crippen LogP contribution in [0.25, 0.3) is 6.08 Å². The zero-order valence-electron chi connectivity index (χ0n) is 10.2. The lowest BCUT2D eigenvalue weighted by molar-refractivity contribution is -0.131. The molecule has 102 valence electrons. The van der Waals surface area contributed by atoms with E-state index in [0.29, 0.717) is 17.1 Å². The van der Waals surface area contributed by atoms with Crippen molar-refractivity contribution in [3.05, 3.63) is 62.1 Å². The number of carboxylic acids is 1. The summed E-state index contributed by atoms with van der Waals surface area (Å²) in [5.74, 6) is 0.315. The summed E-state index contributed by atoms with van der Waals surface area (Å²) in [4.78, 5) is 10.6. The van der Waals surface area contributed by atoms with Crippen LogP contribution in [0.3, 0.4) is 0 Å². The fourth-order valence-corrected chi connectivity index (χ4v) is 2.27. The number of aliphatic carboxylic acids is 1. The summed E-state index contributed by atoms with van der Waals surface area (Å²) in [5.41, 5.74) is 0.695. The Bertz CT molecular complexity index is 651. The van der Waals surface area contributed by atoms with Crippen LogP contribution in [0.1, 0.15) is 5.56 Å². The van der Waals surface area contributed by atoms with Gasteiger partial charge in [0.2, 0.25) is 0 Å². The molecule has 2 aromatic rings. The molecule has 1 N–H and O–H groups in total. The molecule has 0 fully saturated rings. The van der Waals surface area contributed by atoms with Crippen LogP contribution in [0.5, 0.6) is 11.5 Å². The first kappa shape index (κ1) is 15.1. The molecule has 0 heterocycles. The number of benzene rings is 2. The van der Waals surface area contributed by atoms with Crippen molar-refractivity contribution >= 4 is 50.6 Å². The molecule has 0 atom stereocenters. The summed E-state index contributed by atoms with van der Waals surface area (Å²) in [6.45, 7) is 0. The summed E-state index contributed by atoms with van der Waals surface area (Å²) >= 11 is 5.58. The Morgan fingerprint density at radius 2 is 1.90 bits per heavy atom. The number of hydrogen-bond acceptors (Lipinski definition) is 2. The van der Waals surface area contributed by atoms with E-state index in [-0.39, 0.29) is 0 Å². The molecule has 0 saturated heterocycles. The van der Waals surface area contributed by atoms with Gasteiger partial charge in [-0.15, -0.1) is 0 Å². The maximum atomic E-state index is 10.6. The van der Waals surface area contributed by atoms with Gasteiger partial charge in [0, 0.05) is 19.7 Å². The van der Waals surface area contributed by atoms with Crippen molar-refractivity contribution in [3.8, 4) is 11.5 Å². The maximum Gasteiger partial charge on any atom is 0.328 e. The van der Waals surface area contributed by atoms with Gasteiger partial charge in [0.25, 0.3) is 0 Å². The molecule has 0 bridgehead atoms. The van der Waals surface area contributed by atoms with Crippen LogP contribution < -0.4 is 4.74 Å². The van der Waals surface area contributed by atoms with Crippen LogP contribution in [0.4, 0.5) is 0 Å². The predicted molar refractivity (Wildman–Crippen MR) is 90.0 cm³/mol. The normalized spacial score (nSPS) is 10.7. The summed E-state index contributed by atoms with van der Waals surface area (Å²) in [5, 5.41) is 8.72. The lowest BCUT2D eigenvalue weighted by Gasteiger charge is -2.09. The van der Waals surface area contributed by atoms with Crippen LogP contribution in [-0.4, -0.2) is 11.1 Å². The van der Waals surface area contributed by atoms with Crippen LogP contribution in [0.15, 0.2) is 53.0 Å². The number of hydrogen-bond donors (Lipinski definition) is 1. The van der Waals surface area contributed by atoms with Crippen LogP contribution >= 0.6 is 38.5 Å². The lowest BCUT2D eigenvalue weighted by atomic mass is 10.2. The van der Waals surface area contributed by atoms with E-state index in [1.54, 1.807) is 6.07 Å². The molecule has 20 heavy (non-hydrogen) atoms. The van der Waals surface area contributed by atoms with Crippen molar-refractivity contribution in [2.45, 2.75) is 0 Å². The third-order valence-electron chi connectivity index (χ3n) is 2.42. The van der Waals surface area contributed by atoms with Crippen molar-refractivity contribution in [2.75, 3.05) is 0 Å². The van der Waals surface area contributed by atoms with Gasteiger partial charge in [-0.2, -0.15) is 0 Å². The molecule has 2 rings (SSSR count). The molecular weight excluding hydrogens is 435 g/mol. The largest absolute Gasteiger partial charge is 0.478 e. The van der Waals surface area contributed by atoms with Crippen molar-refractivity contribution in [2.24, 2.45) is 0 Å². The number of carboxylic acid groups (broad SMARTS) is 1. The van der Waals surface area contributed by atoms with E-state index in [1.807, 2.05) is 36.4 Å². The van der Waals surface area contributed by atoms with Crippen LogP contribution in [0.2, 0.25) is 0 Å². The molecule has 5 heteroatoms. The Hall–Kier alpha value is -1.34. The summed E-state index contributed by atoms with van der Waals surface area (Å²) < 4.78 is 7.76. The molecule has 0 aromatic heterocycles. The second-order valence-electron chi connectivity index (χ2n) is 3.91. The Balaban J connectivity index is 2.30. The van der Waals surface area contributed by atoms with E-state index in [1.165, 1.54) is 6.08 Å². The zero-order chi connectivity index (χ0) is 14.5. The van der Waals surface area contributed by atoms with Gasteiger partial charge in [-0.25, -0.2) is 4.79 Å². The fourth-order valence-electron chi connectivity index (χ4n) is 1.53. The standard InChI is InChI=1S/C15H10BrIO3/c16-11-2-7-14(10(9-11)1-8-15(18)19)20-13-5-3-12(17)4-6-13/h1-9H,(H,18,19)/b8-1+. The van der Waals surface area contributed by atoms with Gasteiger partial charge in [-0.1, -0.05) is 15.9 Å². The number of halogens is 2. The van der Waals surface area contributed by atoms with E-state index in [0.717, 1.165) is 14.1 Å². The summed E-state index contributed by atoms with van der Waals surface area (Å²) in [6.07, 6.45) is 2.59. The molecular formula is C15H10BrIO3. The minimum Gasteiger partial charge on any atom is -0.478 e. The quantitative estimate of drug-likeness (QED) is 0.536.